The molecular weight excluding hydrogens is 288 g/mol. The summed E-state index contributed by atoms with van der Waals surface area (Å²) in [4.78, 5) is 0. The molecule has 3 fully saturated rings. The van der Waals surface area contributed by atoms with Crippen molar-refractivity contribution in [3.63, 3.8) is 0 Å². The van der Waals surface area contributed by atoms with Gasteiger partial charge in [-0.2, -0.15) is 0 Å². The van der Waals surface area contributed by atoms with Gasteiger partial charge in [-0.1, -0.05) is 79.1 Å². The summed E-state index contributed by atoms with van der Waals surface area (Å²) >= 11 is 0. The highest BCUT2D eigenvalue weighted by Crippen LogP contribution is 2.49. The van der Waals surface area contributed by atoms with E-state index in [2.05, 4.69) is 27.7 Å². The van der Waals surface area contributed by atoms with E-state index in [4.69, 9.17) is 0 Å². The fourth-order valence-corrected chi connectivity index (χ4v) is 6.90. The maximum absolute atomic E-state index is 2.61. The van der Waals surface area contributed by atoms with Crippen LogP contribution in [-0.4, -0.2) is 0 Å². The van der Waals surface area contributed by atoms with Crippen LogP contribution >= 0.6 is 0 Å². The van der Waals surface area contributed by atoms with Crippen LogP contribution in [0.3, 0.4) is 0 Å². The van der Waals surface area contributed by atoms with Crippen LogP contribution in [0.4, 0.5) is 0 Å². The molecule has 3 saturated carbocycles. The zero-order chi connectivity index (χ0) is 17.1. The van der Waals surface area contributed by atoms with Gasteiger partial charge < -0.3 is 0 Å². The molecule has 0 saturated heterocycles. The fourth-order valence-electron chi connectivity index (χ4n) is 6.90. The predicted octanol–water partition coefficient (Wildman–Crippen LogP) is 7.72. The summed E-state index contributed by atoms with van der Waals surface area (Å²) < 4.78 is 0. The van der Waals surface area contributed by atoms with Crippen LogP contribution in [0.2, 0.25) is 0 Å². The molecule has 0 heteroatoms. The maximum Gasteiger partial charge on any atom is -0.0337 e. The third-order valence-electron chi connectivity index (χ3n) is 8.40. The molecule has 2 unspecified atom stereocenters. The smallest absolute Gasteiger partial charge is 0.0337 e. The van der Waals surface area contributed by atoms with Gasteiger partial charge in [0, 0.05) is 0 Å². The molecule has 0 aromatic carbocycles. The Hall–Kier alpha value is 0. The second-order valence-corrected chi connectivity index (χ2v) is 10.4. The van der Waals surface area contributed by atoms with Crippen molar-refractivity contribution in [2.45, 2.75) is 105 Å². The van der Waals surface area contributed by atoms with Crippen molar-refractivity contribution in [1.29, 1.82) is 0 Å². The summed E-state index contributed by atoms with van der Waals surface area (Å²) in [5, 5.41) is 0. The normalized spacial score (nSPS) is 32.4. The van der Waals surface area contributed by atoms with E-state index >= 15 is 0 Å². The minimum Gasteiger partial charge on any atom is -0.0651 e. The standard InChI is InChI=1S/C24H44/c1-5-21(23-15-20(16-23)14-19-9-8-10-19)13-18(4)24(17(2)3)22-11-6-7-12-22/h17-24H,5-16H2,1-4H3/t18?,20?,21?,23?,24-/m0/s1. The van der Waals surface area contributed by atoms with Gasteiger partial charge >= 0.3 is 0 Å². The second-order valence-electron chi connectivity index (χ2n) is 10.4. The lowest BCUT2D eigenvalue weighted by Gasteiger charge is -2.45. The van der Waals surface area contributed by atoms with E-state index in [1.165, 1.54) is 44.9 Å². The lowest BCUT2D eigenvalue weighted by molar-refractivity contribution is 0.0583. The molecule has 0 heterocycles. The van der Waals surface area contributed by atoms with Gasteiger partial charge in [0.1, 0.15) is 0 Å². The molecule has 0 aromatic heterocycles. The van der Waals surface area contributed by atoms with Gasteiger partial charge in [0.2, 0.25) is 0 Å². The third kappa shape index (κ3) is 4.39. The number of hydrogen-bond acceptors (Lipinski definition) is 0. The summed E-state index contributed by atoms with van der Waals surface area (Å²) in [6, 6.07) is 0. The van der Waals surface area contributed by atoms with Crippen LogP contribution in [0.15, 0.2) is 0 Å². The second kappa shape index (κ2) is 8.59. The minimum atomic E-state index is 0.883. The molecule has 3 aliphatic rings. The van der Waals surface area contributed by atoms with Crippen molar-refractivity contribution >= 4 is 0 Å². The largest absolute Gasteiger partial charge is 0.0651 e. The monoisotopic (exact) mass is 332 g/mol. The molecule has 0 spiro atoms. The van der Waals surface area contributed by atoms with E-state index in [1.807, 2.05) is 0 Å². The lowest BCUT2D eigenvalue weighted by Crippen LogP contribution is -2.35. The Balaban J connectivity index is 1.46. The summed E-state index contributed by atoms with van der Waals surface area (Å²) in [6.07, 6.45) is 18.4. The highest BCUT2D eigenvalue weighted by atomic mass is 14.4. The lowest BCUT2D eigenvalue weighted by atomic mass is 9.61. The molecule has 3 atom stereocenters. The summed E-state index contributed by atoms with van der Waals surface area (Å²) in [6.45, 7) is 10.1. The first-order valence-corrected chi connectivity index (χ1v) is 11.6. The Bertz CT molecular complexity index is 354. The minimum absolute atomic E-state index is 0.883. The molecule has 0 aromatic rings. The van der Waals surface area contributed by atoms with Gasteiger partial charge in [-0.25, -0.2) is 0 Å². The van der Waals surface area contributed by atoms with E-state index < -0.39 is 0 Å². The summed E-state index contributed by atoms with van der Waals surface area (Å²) in [7, 11) is 0. The van der Waals surface area contributed by atoms with Crippen molar-refractivity contribution in [3.8, 4) is 0 Å². The van der Waals surface area contributed by atoms with E-state index in [0.29, 0.717) is 0 Å². The van der Waals surface area contributed by atoms with Crippen molar-refractivity contribution in [2.75, 3.05) is 0 Å². The number of rotatable bonds is 9. The van der Waals surface area contributed by atoms with Gasteiger partial charge in [0.05, 0.1) is 0 Å². The van der Waals surface area contributed by atoms with Crippen LogP contribution < -0.4 is 0 Å². The first-order chi connectivity index (χ1) is 11.6. The molecule has 0 bridgehead atoms. The van der Waals surface area contributed by atoms with E-state index in [0.717, 1.165) is 47.3 Å². The zero-order valence-electron chi connectivity index (χ0n) is 17.1. The van der Waals surface area contributed by atoms with E-state index in [9.17, 15) is 0 Å². The van der Waals surface area contributed by atoms with Gasteiger partial charge in [-0.3, -0.25) is 0 Å². The summed E-state index contributed by atoms with van der Waals surface area (Å²) in [5.74, 6) is 8.22. The SMILES string of the molecule is CCC(CC(C)[C@H](C(C)C)C1CCCC1)C1CC(CC2CCC2)C1. The van der Waals surface area contributed by atoms with Crippen LogP contribution in [0.5, 0.6) is 0 Å². The molecule has 140 valence electrons. The molecular formula is C24H44. The van der Waals surface area contributed by atoms with E-state index in [-0.39, 0.29) is 0 Å². The Kier molecular flexibility index (Phi) is 6.72. The van der Waals surface area contributed by atoms with Gasteiger partial charge in [0.15, 0.2) is 0 Å². The van der Waals surface area contributed by atoms with Crippen molar-refractivity contribution in [3.05, 3.63) is 0 Å². The Labute approximate surface area is 152 Å². The highest BCUT2D eigenvalue weighted by Gasteiger charge is 2.38. The van der Waals surface area contributed by atoms with Crippen molar-refractivity contribution < 1.29 is 0 Å². The quantitative estimate of drug-likeness (QED) is 0.405. The molecule has 0 amide bonds. The van der Waals surface area contributed by atoms with E-state index in [1.54, 1.807) is 32.1 Å². The fraction of sp³-hybridized carbons (Fsp3) is 1.00. The van der Waals surface area contributed by atoms with Gasteiger partial charge in [-0.05, 0) is 73.0 Å². The van der Waals surface area contributed by atoms with Crippen LogP contribution in [0.1, 0.15) is 105 Å². The summed E-state index contributed by atoms with van der Waals surface area (Å²) in [5.41, 5.74) is 0. The Morgan fingerprint density at radius 1 is 0.792 bits per heavy atom. The molecule has 24 heavy (non-hydrogen) atoms. The molecule has 0 aliphatic heterocycles. The first-order valence-electron chi connectivity index (χ1n) is 11.6. The highest BCUT2D eigenvalue weighted by molar-refractivity contribution is 4.89. The Morgan fingerprint density at radius 2 is 1.46 bits per heavy atom. The van der Waals surface area contributed by atoms with Gasteiger partial charge in [0.25, 0.3) is 0 Å². The predicted molar refractivity (Wildman–Crippen MR) is 106 cm³/mol. The van der Waals surface area contributed by atoms with Crippen molar-refractivity contribution in [1.82, 2.24) is 0 Å². The average Bonchev–Trinajstić information content (AvgIpc) is 2.95. The van der Waals surface area contributed by atoms with Crippen molar-refractivity contribution in [2.24, 2.45) is 47.3 Å². The molecule has 0 radical (unpaired) electrons. The topological polar surface area (TPSA) is 0 Å². The maximum atomic E-state index is 2.61. The third-order valence-corrected chi connectivity index (χ3v) is 8.40. The first kappa shape index (κ1) is 18.8. The molecule has 0 nitrogen and oxygen atoms in total. The number of hydrogen-bond donors (Lipinski definition) is 0. The van der Waals surface area contributed by atoms with Crippen LogP contribution in [0.25, 0.3) is 0 Å². The molecule has 3 aliphatic carbocycles. The Morgan fingerprint density at radius 3 is 1.96 bits per heavy atom. The van der Waals surface area contributed by atoms with Crippen LogP contribution in [0, 0.1) is 47.3 Å². The zero-order valence-corrected chi connectivity index (χ0v) is 17.1. The molecule has 0 N–H and O–H groups in total. The van der Waals surface area contributed by atoms with Gasteiger partial charge in [-0.15, -0.1) is 0 Å². The van der Waals surface area contributed by atoms with Crippen LogP contribution in [-0.2, 0) is 0 Å². The average molecular weight is 333 g/mol. The molecule has 3 rings (SSSR count).